The van der Waals surface area contributed by atoms with Gasteiger partial charge in [-0.25, -0.2) is 9.78 Å². The van der Waals surface area contributed by atoms with Gasteiger partial charge in [0.15, 0.2) is 0 Å². The first kappa shape index (κ1) is 16.1. The molecule has 3 aromatic rings. The average Bonchev–Trinajstić information content (AvgIpc) is 3.15. The van der Waals surface area contributed by atoms with Crippen LogP contribution in [0.3, 0.4) is 0 Å². The van der Waals surface area contributed by atoms with Gasteiger partial charge >= 0.3 is 6.03 Å². The zero-order valence-corrected chi connectivity index (χ0v) is 14.2. The number of anilines is 1. The molecule has 1 aliphatic rings. The standard InChI is InChI=1S/C18H18N6O2/c1-24-11-19-10-15(24)7-8-16-22-17(23-26-16)12-3-2-4-14(9-12)21-18(25)20-13-5-6-13/h2-4,7-11,13H,5-6H2,1H3,(H2,20,21,25)/b8-7+. The zero-order chi connectivity index (χ0) is 17.9. The molecule has 2 amide bonds. The first-order chi connectivity index (χ1) is 12.7. The van der Waals surface area contributed by atoms with Crippen molar-refractivity contribution in [3.63, 3.8) is 0 Å². The van der Waals surface area contributed by atoms with Crippen LogP contribution in [0.25, 0.3) is 23.5 Å². The summed E-state index contributed by atoms with van der Waals surface area (Å²) in [5.74, 6) is 0.854. The summed E-state index contributed by atoms with van der Waals surface area (Å²) >= 11 is 0. The number of rotatable bonds is 5. The van der Waals surface area contributed by atoms with Gasteiger partial charge in [0, 0.05) is 30.4 Å². The number of nitrogens with zero attached hydrogens (tertiary/aromatic N) is 4. The Labute approximate surface area is 149 Å². The minimum atomic E-state index is -0.197. The number of nitrogens with one attached hydrogen (secondary N) is 2. The van der Waals surface area contributed by atoms with Gasteiger partial charge in [-0.15, -0.1) is 0 Å². The van der Waals surface area contributed by atoms with Crippen LogP contribution in [0.5, 0.6) is 0 Å². The predicted molar refractivity (Wildman–Crippen MR) is 97.0 cm³/mol. The van der Waals surface area contributed by atoms with Gasteiger partial charge in [-0.3, -0.25) is 0 Å². The second-order valence-corrected chi connectivity index (χ2v) is 6.17. The van der Waals surface area contributed by atoms with Gasteiger partial charge in [0.25, 0.3) is 5.89 Å². The van der Waals surface area contributed by atoms with Crippen molar-refractivity contribution < 1.29 is 9.32 Å². The van der Waals surface area contributed by atoms with Gasteiger partial charge in [-0.1, -0.05) is 17.3 Å². The molecule has 4 rings (SSSR count). The van der Waals surface area contributed by atoms with Crippen molar-refractivity contribution in [2.24, 2.45) is 7.05 Å². The smallest absolute Gasteiger partial charge is 0.319 e. The first-order valence-electron chi connectivity index (χ1n) is 8.33. The predicted octanol–water partition coefficient (Wildman–Crippen LogP) is 2.92. The summed E-state index contributed by atoms with van der Waals surface area (Å²) in [5.41, 5.74) is 2.37. The van der Waals surface area contributed by atoms with E-state index in [9.17, 15) is 4.79 Å². The molecule has 0 atom stereocenters. The lowest BCUT2D eigenvalue weighted by atomic mass is 10.2. The van der Waals surface area contributed by atoms with Crippen LogP contribution in [-0.2, 0) is 7.05 Å². The Morgan fingerprint density at radius 1 is 1.35 bits per heavy atom. The second kappa shape index (κ2) is 6.83. The summed E-state index contributed by atoms with van der Waals surface area (Å²) < 4.78 is 7.15. The molecule has 1 fully saturated rings. The van der Waals surface area contributed by atoms with E-state index in [4.69, 9.17) is 4.52 Å². The quantitative estimate of drug-likeness (QED) is 0.737. The Kier molecular flexibility index (Phi) is 4.22. The van der Waals surface area contributed by atoms with E-state index in [1.54, 1.807) is 18.6 Å². The second-order valence-electron chi connectivity index (χ2n) is 6.17. The van der Waals surface area contributed by atoms with Crippen molar-refractivity contribution in [1.29, 1.82) is 0 Å². The van der Waals surface area contributed by atoms with Gasteiger partial charge in [-0.05, 0) is 31.1 Å². The Balaban J connectivity index is 1.46. The average molecular weight is 350 g/mol. The molecule has 0 bridgehead atoms. The maximum Gasteiger partial charge on any atom is 0.319 e. The molecule has 132 valence electrons. The lowest BCUT2D eigenvalue weighted by Crippen LogP contribution is -2.30. The van der Waals surface area contributed by atoms with E-state index in [0.717, 1.165) is 24.1 Å². The molecule has 0 unspecified atom stereocenters. The number of aryl methyl sites for hydroxylation is 1. The number of hydrogen-bond acceptors (Lipinski definition) is 5. The number of carbonyl (C=O) groups is 1. The van der Waals surface area contributed by atoms with Crippen LogP contribution >= 0.6 is 0 Å². The lowest BCUT2D eigenvalue weighted by Gasteiger charge is -2.07. The summed E-state index contributed by atoms with van der Waals surface area (Å²) in [6, 6.07) is 7.44. The summed E-state index contributed by atoms with van der Waals surface area (Å²) in [5, 5.41) is 9.70. The van der Waals surface area contributed by atoms with Crippen LogP contribution in [0.4, 0.5) is 10.5 Å². The zero-order valence-electron chi connectivity index (χ0n) is 14.2. The largest absolute Gasteiger partial charge is 0.335 e. The van der Waals surface area contributed by atoms with Crippen molar-refractivity contribution in [1.82, 2.24) is 25.0 Å². The van der Waals surface area contributed by atoms with Gasteiger partial charge in [0.2, 0.25) is 5.82 Å². The number of imidazole rings is 1. The van der Waals surface area contributed by atoms with Crippen LogP contribution in [0, 0.1) is 0 Å². The molecule has 2 N–H and O–H groups in total. The minimum Gasteiger partial charge on any atom is -0.335 e. The summed E-state index contributed by atoms with van der Waals surface area (Å²) in [7, 11) is 1.91. The highest BCUT2D eigenvalue weighted by molar-refractivity contribution is 5.90. The first-order valence-corrected chi connectivity index (χ1v) is 8.33. The van der Waals surface area contributed by atoms with Crippen LogP contribution in [-0.4, -0.2) is 31.8 Å². The van der Waals surface area contributed by atoms with Crippen molar-refractivity contribution in [3.8, 4) is 11.4 Å². The van der Waals surface area contributed by atoms with E-state index in [0.29, 0.717) is 23.4 Å². The molecule has 0 radical (unpaired) electrons. The molecule has 1 aliphatic carbocycles. The normalized spacial score (nSPS) is 13.9. The number of aromatic nitrogens is 4. The van der Waals surface area contributed by atoms with E-state index in [1.165, 1.54) is 0 Å². The molecular weight excluding hydrogens is 332 g/mol. The van der Waals surface area contributed by atoms with E-state index in [-0.39, 0.29) is 6.03 Å². The van der Waals surface area contributed by atoms with Crippen molar-refractivity contribution in [2.45, 2.75) is 18.9 Å². The number of amides is 2. The van der Waals surface area contributed by atoms with Crippen LogP contribution in [0.2, 0.25) is 0 Å². The highest BCUT2D eigenvalue weighted by Crippen LogP contribution is 2.22. The monoisotopic (exact) mass is 350 g/mol. The van der Waals surface area contributed by atoms with Crippen molar-refractivity contribution >= 4 is 23.9 Å². The molecule has 1 aromatic carbocycles. The summed E-state index contributed by atoms with van der Waals surface area (Å²) in [6.07, 6.45) is 9.15. The van der Waals surface area contributed by atoms with E-state index in [2.05, 4.69) is 25.8 Å². The summed E-state index contributed by atoms with van der Waals surface area (Å²) in [6.45, 7) is 0. The maximum absolute atomic E-state index is 11.9. The molecule has 2 heterocycles. The molecular formula is C18H18N6O2. The topological polar surface area (TPSA) is 97.9 Å². The Morgan fingerprint density at radius 2 is 2.23 bits per heavy atom. The molecule has 0 aliphatic heterocycles. The molecule has 8 heteroatoms. The fraction of sp³-hybridized carbons (Fsp3) is 0.222. The van der Waals surface area contributed by atoms with E-state index >= 15 is 0 Å². The van der Waals surface area contributed by atoms with Crippen molar-refractivity contribution in [2.75, 3.05) is 5.32 Å². The molecule has 26 heavy (non-hydrogen) atoms. The minimum absolute atomic E-state index is 0.197. The van der Waals surface area contributed by atoms with Crippen LogP contribution < -0.4 is 10.6 Å². The highest BCUT2D eigenvalue weighted by atomic mass is 16.5. The Hall–Kier alpha value is -3.42. The highest BCUT2D eigenvalue weighted by Gasteiger charge is 2.23. The molecule has 2 aromatic heterocycles. The number of benzene rings is 1. The summed E-state index contributed by atoms with van der Waals surface area (Å²) in [4.78, 5) is 20.3. The molecule has 8 nitrogen and oxygen atoms in total. The van der Waals surface area contributed by atoms with Crippen LogP contribution in [0.1, 0.15) is 24.4 Å². The maximum atomic E-state index is 11.9. The van der Waals surface area contributed by atoms with E-state index < -0.39 is 0 Å². The molecule has 1 saturated carbocycles. The lowest BCUT2D eigenvalue weighted by molar-refractivity contribution is 0.251. The molecule has 0 saturated heterocycles. The third kappa shape index (κ3) is 3.80. The van der Waals surface area contributed by atoms with Gasteiger partial charge in [-0.2, -0.15) is 4.98 Å². The number of carbonyl (C=O) groups excluding carboxylic acids is 1. The Bertz CT molecular complexity index is 954. The SMILES string of the molecule is Cn1cncc1/C=C/c1nc(-c2cccc(NC(=O)NC3CC3)c2)no1. The number of hydrogen-bond donors (Lipinski definition) is 2. The molecule has 0 spiro atoms. The Morgan fingerprint density at radius 3 is 3.00 bits per heavy atom. The fourth-order valence-electron chi connectivity index (χ4n) is 2.42. The van der Waals surface area contributed by atoms with Crippen LogP contribution in [0.15, 0.2) is 41.3 Å². The van der Waals surface area contributed by atoms with E-state index in [1.807, 2.05) is 42.0 Å². The van der Waals surface area contributed by atoms with Gasteiger partial charge < -0.3 is 19.7 Å². The fourth-order valence-corrected chi connectivity index (χ4v) is 2.42. The third-order valence-corrected chi connectivity index (χ3v) is 3.98. The third-order valence-electron chi connectivity index (χ3n) is 3.98. The van der Waals surface area contributed by atoms with Crippen molar-refractivity contribution in [3.05, 3.63) is 48.4 Å². The van der Waals surface area contributed by atoms with Gasteiger partial charge in [0.1, 0.15) is 0 Å². The van der Waals surface area contributed by atoms with Gasteiger partial charge in [0.05, 0.1) is 18.2 Å². The number of urea groups is 1.